The molecule has 1 amide bonds. The van der Waals surface area contributed by atoms with Gasteiger partial charge in [0.15, 0.2) is 18.0 Å². The van der Waals surface area contributed by atoms with Gasteiger partial charge in [0.25, 0.3) is 5.91 Å². The highest BCUT2D eigenvalue weighted by atomic mass is 16.5. The molecular formula is C22H28N3O4+. The van der Waals surface area contributed by atoms with Crippen molar-refractivity contribution in [1.82, 2.24) is 0 Å². The van der Waals surface area contributed by atoms with E-state index in [1.165, 1.54) is 4.90 Å². The van der Waals surface area contributed by atoms with Gasteiger partial charge in [0.2, 0.25) is 0 Å². The van der Waals surface area contributed by atoms with Crippen LogP contribution in [0.2, 0.25) is 0 Å². The minimum Gasteiger partial charge on any atom is -0.495 e. The Balaban J connectivity index is 1.29. The van der Waals surface area contributed by atoms with Crippen LogP contribution >= 0.6 is 0 Å². The second kappa shape index (κ2) is 9.05. The molecule has 154 valence electrons. The number of piperazine rings is 1. The summed E-state index contributed by atoms with van der Waals surface area (Å²) >= 11 is 0. The molecule has 1 saturated heterocycles. The third-order valence-corrected chi connectivity index (χ3v) is 5.34. The SMILES string of the molecule is COc1ccccc1N1CC[NH+](CC(=O)Nc2ccc3c(c2)OCCCO3)CC1. The third kappa shape index (κ3) is 4.74. The molecule has 2 N–H and O–H groups in total. The highest BCUT2D eigenvalue weighted by Gasteiger charge is 2.24. The number of para-hydroxylation sites is 2. The summed E-state index contributed by atoms with van der Waals surface area (Å²) < 4.78 is 16.8. The Labute approximate surface area is 171 Å². The zero-order valence-electron chi connectivity index (χ0n) is 16.8. The number of carbonyl (C=O) groups excluding carboxylic acids is 1. The lowest BCUT2D eigenvalue weighted by molar-refractivity contribution is -0.892. The number of hydrogen-bond donors (Lipinski definition) is 2. The maximum absolute atomic E-state index is 12.5. The van der Waals surface area contributed by atoms with Gasteiger partial charge in [0, 0.05) is 18.2 Å². The molecular weight excluding hydrogens is 370 g/mol. The molecule has 0 unspecified atom stereocenters. The van der Waals surface area contributed by atoms with Gasteiger partial charge in [-0.25, -0.2) is 0 Å². The summed E-state index contributed by atoms with van der Waals surface area (Å²) in [6.07, 6.45) is 0.862. The number of quaternary nitrogens is 1. The molecule has 29 heavy (non-hydrogen) atoms. The van der Waals surface area contributed by atoms with Crippen LogP contribution in [0.5, 0.6) is 17.2 Å². The molecule has 7 nitrogen and oxygen atoms in total. The van der Waals surface area contributed by atoms with Crippen molar-refractivity contribution in [2.75, 3.05) is 63.3 Å². The van der Waals surface area contributed by atoms with E-state index in [0.717, 1.165) is 55.5 Å². The summed E-state index contributed by atoms with van der Waals surface area (Å²) in [7, 11) is 1.70. The molecule has 2 aromatic carbocycles. The van der Waals surface area contributed by atoms with E-state index >= 15 is 0 Å². The highest BCUT2D eigenvalue weighted by Crippen LogP contribution is 2.32. The fraction of sp³-hybridized carbons (Fsp3) is 0.409. The van der Waals surface area contributed by atoms with Gasteiger partial charge in [0.1, 0.15) is 5.75 Å². The van der Waals surface area contributed by atoms with Crippen LogP contribution in [-0.2, 0) is 4.79 Å². The monoisotopic (exact) mass is 398 g/mol. The minimum atomic E-state index is 0.0141. The van der Waals surface area contributed by atoms with Gasteiger partial charge in [0.05, 0.1) is 52.2 Å². The van der Waals surface area contributed by atoms with Crippen LogP contribution in [0.15, 0.2) is 42.5 Å². The molecule has 0 bridgehead atoms. The van der Waals surface area contributed by atoms with E-state index in [-0.39, 0.29) is 5.91 Å². The summed E-state index contributed by atoms with van der Waals surface area (Å²) in [6, 6.07) is 13.6. The smallest absolute Gasteiger partial charge is 0.279 e. The topological polar surface area (TPSA) is 64.5 Å². The first-order chi connectivity index (χ1) is 14.2. The standard InChI is InChI=1S/C22H27N3O4/c1-27-19-6-3-2-5-18(19)25-11-9-24(10-12-25)16-22(26)23-17-7-8-20-21(15-17)29-14-4-13-28-20/h2-3,5-8,15H,4,9-14,16H2,1H3,(H,23,26)/p+1. The normalized spacial score (nSPS) is 16.8. The predicted octanol–water partition coefficient (Wildman–Crippen LogP) is 1.20. The lowest BCUT2D eigenvalue weighted by atomic mass is 10.2. The van der Waals surface area contributed by atoms with Crippen LogP contribution in [0.1, 0.15) is 6.42 Å². The number of amides is 1. The first-order valence-electron chi connectivity index (χ1n) is 10.1. The summed E-state index contributed by atoms with van der Waals surface area (Å²) in [6.45, 7) is 5.35. The number of nitrogens with zero attached hydrogens (tertiary/aromatic N) is 1. The van der Waals surface area contributed by atoms with Crippen LogP contribution < -0.4 is 29.3 Å². The largest absolute Gasteiger partial charge is 0.495 e. The minimum absolute atomic E-state index is 0.0141. The molecule has 2 aromatic rings. The number of hydrogen-bond acceptors (Lipinski definition) is 5. The summed E-state index contributed by atoms with van der Waals surface area (Å²) in [4.78, 5) is 16.1. The van der Waals surface area contributed by atoms with E-state index in [2.05, 4.69) is 16.3 Å². The van der Waals surface area contributed by atoms with Gasteiger partial charge in [-0.1, -0.05) is 12.1 Å². The molecule has 0 aliphatic carbocycles. The Morgan fingerprint density at radius 3 is 2.66 bits per heavy atom. The quantitative estimate of drug-likeness (QED) is 0.793. The van der Waals surface area contributed by atoms with Crippen molar-refractivity contribution >= 4 is 17.3 Å². The second-order valence-corrected chi connectivity index (χ2v) is 7.35. The molecule has 2 aliphatic heterocycles. The van der Waals surface area contributed by atoms with Crippen molar-refractivity contribution in [2.24, 2.45) is 0 Å². The Bertz CT molecular complexity index is 850. The van der Waals surface area contributed by atoms with Crippen LogP contribution in [-0.4, -0.2) is 59.0 Å². The predicted molar refractivity (Wildman–Crippen MR) is 111 cm³/mol. The van der Waals surface area contributed by atoms with E-state index < -0.39 is 0 Å². The van der Waals surface area contributed by atoms with E-state index in [0.29, 0.717) is 25.5 Å². The van der Waals surface area contributed by atoms with E-state index in [9.17, 15) is 4.79 Å². The van der Waals surface area contributed by atoms with Crippen LogP contribution in [0.4, 0.5) is 11.4 Å². The Morgan fingerprint density at radius 2 is 1.86 bits per heavy atom. The maximum Gasteiger partial charge on any atom is 0.279 e. The average Bonchev–Trinajstić information content (AvgIpc) is 2.99. The summed E-state index contributed by atoms with van der Waals surface area (Å²) in [5, 5.41) is 2.99. The Hall–Kier alpha value is -2.93. The molecule has 0 spiro atoms. The van der Waals surface area contributed by atoms with Crippen LogP contribution in [0.3, 0.4) is 0 Å². The summed E-state index contributed by atoms with van der Waals surface area (Å²) in [5.41, 5.74) is 1.86. The molecule has 0 aromatic heterocycles. The van der Waals surface area contributed by atoms with Gasteiger partial charge in [-0.15, -0.1) is 0 Å². The molecule has 7 heteroatoms. The van der Waals surface area contributed by atoms with Crippen molar-refractivity contribution in [3.05, 3.63) is 42.5 Å². The van der Waals surface area contributed by atoms with E-state index in [4.69, 9.17) is 14.2 Å². The van der Waals surface area contributed by atoms with Gasteiger partial charge in [-0.2, -0.15) is 0 Å². The van der Waals surface area contributed by atoms with Crippen LogP contribution in [0.25, 0.3) is 0 Å². The van der Waals surface area contributed by atoms with E-state index in [1.807, 2.05) is 36.4 Å². The third-order valence-electron chi connectivity index (χ3n) is 5.34. The first-order valence-corrected chi connectivity index (χ1v) is 10.1. The maximum atomic E-state index is 12.5. The van der Waals surface area contributed by atoms with Crippen molar-refractivity contribution in [3.63, 3.8) is 0 Å². The number of fused-ring (bicyclic) bond motifs is 1. The van der Waals surface area contributed by atoms with Crippen LogP contribution in [0, 0.1) is 0 Å². The number of rotatable bonds is 5. The average molecular weight is 398 g/mol. The fourth-order valence-corrected chi connectivity index (χ4v) is 3.80. The number of nitrogens with one attached hydrogen (secondary N) is 2. The number of ether oxygens (including phenoxy) is 3. The van der Waals surface area contributed by atoms with Crippen molar-refractivity contribution < 1.29 is 23.9 Å². The van der Waals surface area contributed by atoms with Crippen molar-refractivity contribution in [3.8, 4) is 17.2 Å². The van der Waals surface area contributed by atoms with Gasteiger partial charge >= 0.3 is 0 Å². The molecule has 0 radical (unpaired) electrons. The molecule has 4 rings (SSSR count). The van der Waals surface area contributed by atoms with Gasteiger partial charge in [-0.3, -0.25) is 4.79 Å². The molecule has 0 atom stereocenters. The molecule has 1 fully saturated rings. The van der Waals surface area contributed by atoms with E-state index in [1.54, 1.807) is 7.11 Å². The Morgan fingerprint density at radius 1 is 1.10 bits per heavy atom. The zero-order chi connectivity index (χ0) is 20.1. The van der Waals surface area contributed by atoms with Gasteiger partial charge < -0.3 is 29.3 Å². The summed E-state index contributed by atoms with van der Waals surface area (Å²) in [5.74, 6) is 2.33. The molecule has 2 heterocycles. The second-order valence-electron chi connectivity index (χ2n) is 7.35. The number of carbonyl (C=O) groups is 1. The van der Waals surface area contributed by atoms with Gasteiger partial charge in [-0.05, 0) is 24.3 Å². The molecule has 2 aliphatic rings. The van der Waals surface area contributed by atoms with Crippen molar-refractivity contribution in [2.45, 2.75) is 6.42 Å². The first kappa shape index (κ1) is 19.4. The number of benzene rings is 2. The molecule has 0 saturated carbocycles. The lowest BCUT2D eigenvalue weighted by Gasteiger charge is -2.34. The number of methoxy groups -OCH3 is 1. The number of anilines is 2. The zero-order valence-corrected chi connectivity index (χ0v) is 16.8. The fourth-order valence-electron chi connectivity index (χ4n) is 3.80. The van der Waals surface area contributed by atoms with Crippen molar-refractivity contribution in [1.29, 1.82) is 0 Å². The lowest BCUT2D eigenvalue weighted by Crippen LogP contribution is -3.15. The Kier molecular flexibility index (Phi) is 6.05. The highest BCUT2D eigenvalue weighted by molar-refractivity contribution is 5.91.